The number of hydrazine groups is 1. The molecule has 0 unspecified atom stereocenters. The van der Waals surface area contributed by atoms with E-state index in [2.05, 4.69) is 30.0 Å². The third-order valence-corrected chi connectivity index (χ3v) is 4.28. The second-order valence-electron chi connectivity index (χ2n) is 6.10. The number of hydrogen-bond donors (Lipinski definition) is 3. The van der Waals surface area contributed by atoms with Crippen LogP contribution in [0.3, 0.4) is 0 Å². The number of carbonyl (C=O) groups is 1. The average molecular weight is 392 g/mol. The van der Waals surface area contributed by atoms with Crippen molar-refractivity contribution in [3.63, 3.8) is 0 Å². The van der Waals surface area contributed by atoms with Crippen molar-refractivity contribution in [3.05, 3.63) is 58.6 Å². The van der Waals surface area contributed by atoms with E-state index < -0.39 is 0 Å². The highest BCUT2D eigenvalue weighted by Crippen LogP contribution is 2.21. The van der Waals surface area contributed by atoms with Gasteiger partial charge in [0.05, 0.1) is 0 Å². The first kappa shape index (κ1) is 20.0. The number of halogens is 1. The predicted molar refractivity (Wildman–Crippen MR) is 110 cm³/mol. The standard InChI is InChI=1S/C19H22ClN3O2S/c1-12(2)14-4-6-15(7-5-14)21-19(26)23-22-18(24)11-25-16-8-9-17(20)13(3)10-16/h4-10,12H,11H2,1-3H3,(H,22,24)(H2,21,23,26). The molecule has 0 bridgehead atoms. The number of nitrogens with one attached hydrogen (secondary N) is 3. The van der Waals surface area contributed by atoms with E-state index in [1.165, 1.54) is 5.56 Å². The van der Waals surface area contributed by atoms with Gasteiger partial charge in [0.25, 0.3) is 5.91 Å². The van der Waals surface area contributed by atoms with Gasteiger partial charge in [-0.1, -0.05) is 37.6 Å². The Kier molecular flexibility index (Phi) is 7.24. The van der Waals surface area contributed by atoms with Crippen LogP contribution in [-0.2, 0) is 4.79 Å². The van der Waals surface area contributed by atoms with Crippen LogP contribution in [0, 0.1) is 6.92 Å². The zero-order valence-electron chi connectivity index (χ0n) is 14.9. The molecule has 7 heteroatoms. The summed E-state index contributed by atoms with van der Waals surface area (Å²) in [6, 6.07) is 13.2. The fourth-order valence-electron chi connectivity index (χ4n) is 2.13. The molecule has 5 nitrogen and oxygen atoms in total. The fraction of sp³-hybridized carbons (Fsp3) is 0.263. The largest absolute Gasteiger partial charge is 0.484 e. The van der Waals surface area contributed by atoms with Crippen LogP contribution in [0.4, 0.5) is 5.69 Å². The molecule has 0 fully saturated rings. The topological polar surface area (TPSA) is 62.4 Å². The first-order valence-electron chi connectivity index (χ1n) is 8.20. The van der Waals surface area contributed by atoms with Crippen molar-refractivity contribution in [2.45, 2.75) is 26.7 Å². The maximum absolute atomic E-state index is 11.8. The SMILES string of the molecule is Cc1cc(OCC(=O)NNC(=S)Nc2ccc(C(C)C)cc2)ccc1Cl. The number of ether oxygens (including phenoxy) is 1. The third kappa shape index (κ3) is 6.20. The third-order valence-electron chi connectivity index (χ3n) is 3.65. The molecule has 2 aromatic carbocycles. The molecule has 0 aliphatic rings. The van der Waals surface area contributed by atoms with Gasteiger partial charge >= 0.3 is 0 Å². The zero-order valence-corrected chi connectivity index (χ0v) is 16.5. The summed E-state index contributed by atoms with van der Waals surface area (Å²) in [5.41, 5.74) is 8.10. The highest BCUT2D eigenvalue weighted by Gasteiger charge is 2.05. The Morgan fingerprint density at radius 1 is 1.15 bits per heavy atom. The van der Waals surface area contributed by atoms with Crippen LogP contribution in [0.25, 0.3) is 0 Å². The van der Waals surface area contributed by atoms with Crippen molar-refractivity contribution < 1.29 is 9.53 Å². The number of carbonyl (C=O) groups excluding carboxylic acids is 1. The van der Waals surface area contributed by atoms with E-state index in [0.29, 0.717) is 16.7 Å². The Morgan fingerprint density at radius 2 is 1.85 bits per heavy atom. The molecular formula is C19H22ClN3O2S. The van der Waals surface area contributed by atoms with Crippen LogP contribution in [0.5, 0.6) is 5.75 Å². The van der Waals surface area contributed by atoms with Crippen molar-refractivity contribution in [3.8, 4) is 5.75 Å². The van der Waals surface area contributed by atoms with Crippen molar-refractivity contribution in [2.24, 2.45) is 0 Å². The summed E-state index contributed by atoms with van der Waals surface area (Å²) < 4.78 is 5.42. The summed E-state index contributed by atoms with van der Waals surface area (Å²) in [7, 11) is 0. The summed E-state index contributed by atoms with van der Waals surface area (Å²) >= 11 is 11.1. The summed E-state index contributed by atoms with van der Waals surface area (Å²) in [4.78, 5) is 11.8. The second kappa shape index (κ2) is 9.40. The van der Waals surface area contributed by atoms with Gasteiger partial charge in [0, 0.05) is 10.7 Å². The zero-order chi connectivity index (χ0) is 19.1. The normalized spacial score (nSPS) is 10.3. The number of thiocarbonyl (C=S) groups is 1. The smallest absolute Gasteiger partial charge is 0.276 e. The molecule has 138 valence electrons. The molecule has 2 rings (SSSR count). The van der Waals surface area contributed by atoms with Crippen LogP contribution in [-0.4, -0.2) is 17.6 Å². The lowest BCUT2D eigenvalue weighted by Gasteiger charge is -2.13. The van der Waals surface area contributed by atoms with E-state index >= 15 is 0 Å². The van der Waals surface area contributed by atoms with Gasteiger partial charge in [-0.25, -0.2) is 0 Å². The average Bonchev–Trinajstić information content (AvgIpc) is 2.61. The molecule has 0 atom stereocenters. The molecule has 3 N–H and O–H groups in total. The van der Waals surface area contributed by atoms with Gasteiger partial charge in [0.2, 0.25) is 0 Å². The molecule has 0 spiro atoms. The van der Waals surface area contributed by atoms with Gasteiger partial charge in [-0.2, -0.15) is 0 Å². The molecular weight excluding hydrogens is 370 g/mol. The maximum atomic E-state index is 11.8. The number of rotatable bonds is 5. The Balaban J connectivity index is 1.74. The first-order chi connectivity index (χ1) is 12.3. The van der Waals surface area contributed by atoms with Crippen LogP contribution in [0.15, 0.2) is 42.5 Å². The van der Waals surface area contributed by atoms with Crippen LogP contribution in [0.2, 0.25) is 5.02 Å². The van der Waals surface area contributed by atoms with E-state index in [-0.39, 0.29) is 17.6 Å². The van der Waals surface area contributed by atoms with Gasteiger partial charge in [-0.3, -0.25) is 15.6 Å². The minimum Gasteiger partial charge on any atom is -0.484 e. The van der Waals surface area contributed by atoms with Gasteiger partial charge in [-0.05, 0) is 66.5 Å². The number of hydrogen-bond acceptors (Lipinski definition) is 3. The Morgan fingerprint density at radius 3 is 2.46 bits per heavy atom. The molecule has 1 amide bonds. The van der Waals surface area contributed by atoms with Crippen molar-refractivity contribution in [2.75, 3.05) is 11.9 Å². The number of anilines is 1. The second-order valence-corrected chi connectivity index (χ2v) is 6.92. The monoisotopic (exact) mass is 391 g/mol. The number of aryl methyl sites for hydroxylation is 1. The van der Waals surface area contributed by atoms with Gasteiger partial charge in [0.1, 0.15) is 5.75 Å². The summed E-state index contributed by atoms with van der Waals surface area (Å²) in [5.74, 6) is 0.697. The van der Waals surface area contributed by atoms with Crippen molar-refractivity contribution in [1.29, 1.82) is 0 Å². The molecule has 0 saturated heterocycles. The predicted octanol–water partition coefficient (Wildman–Crippen LogP) is 4.17. The lowest BCUT2D eigenvalue weighted by atomic mass is 10.0. The van der Waals surface area contributed by atoms with E-state index in [0.717, 1.165) is 11.3 Å². The van der Waals surface area contributed by atoms with Gasteiger partial charge in [-0.15, -0.1) is 0 Å². The highest BCUT2D eigenvalue weighted by atomic mass is 35.5. The quantitative estimate of drug-likeness (QED) is 0.527. The Bertz CT molecular complexity index is 779. The van der Waals surface area contributed by atoms with E-state index in [4.69, 9.17) is 28.6 Å². The van der Waals surface area contributed by atoms with E-state index in [9.17, 15) is 4.79 Å². The summed E-state index contributed by atoms with van der Waals surface area (Å²) in [5, 5.41) is 3.94. The number of benzene rings is 2. The van der Waals surface area contributed by atoms with Crippen molar-refractivity contribution in [1.82, 2.24) is 10.9 Å². The van der Waals surface area contributed by atoms with E-state index in [1.807, 2.05) is 31.2 Å². The Hall–Kier alpha value is -2.31. The highest BCUT2D eigenvalue weighted by molar-refractivity contribution is 7.80. The molecule has 0 aliphatic heterocycles. The molecule has 0 aromatic heterocycles. The minimum absolute atomic E-state index is 0.139. The van der Waals surface area contributed by atoms with E-state index in [1.54, 1.807) is 18.2 Å². The lowest BCUT2D eigenvalue weighted by Crippen LogP contribution is -2.45. The molecule has 0 aliphatic carbocycles. The molecule has 0 saturated carbocycles. The fourth-order valence-corrected chi connectivity index (χ4v) is 2.42. The summed E-state index contributed by atoms with van der Waals surface area (Å²) in [6.45, 7) is 6.00. The minimum atomic E-state index is -0.350. The molecule has 26 heavy (non-hydrogen) atoms. The first-order valence-corrected chi connectivity index (χ1v) is 8.98. The van der Waals surface area contributed by atoms with Crippen LogP contribution in [0.1, 0.15) is 30.9 Å². The van der Waals surface area contributed by atoms with Crippen molar-refractivity contribution >= 4 is 40.5 Å². The maximum Gasteiger partial charge on any atom is 0.276 e. The molecule has 0 heterocycles. The van der Waals surface area contributed by atoms with Crippen LogP contribution >= 0.6 is 23.8 Å². The molecule has 2 aromatic rings. The van der Waals surface area contributed by atoms with Gasteiger partial charge < -0.3 is 10.1 Å². The van der Waals surface area contributed by atoms with Crippen LogP contribution < -0.4 is 20.9 Å². The summed E-state index contributed by atoms with van der Waals surface area (Å²) in [6.07, 6.45) is 0. The number of amides is 1. The lowest BCUT2D eigenvalue weighted by molar-refractivity contribution is -0.123. The van der Waals surface area contributed by atoms with Gasteiger partial charge in [0.15, 0.2) is 11.7 Å². The molecule has 0 radical (unpaired) electrons. The Labute approximate surface area is 164 Å².